The van der Waals surface area contributed by atoms with Crippen molar-refractivity contribution >= 4 is 0 Å². The minimum Gasteiger partial charge on any atom is -0.250 e. The summed E-state index contributed by atoms with van der Waals surface area (Å²) < 4.78 is 2.46. The summed E-state index contributed by atoms with van der Waals surface area (Å²) in [5, 5.41) is 0. The highest BCUT2D eigenvalue weighted by molar-refractivity contribution is 5.15. The topological polar surface area (TPSA) is 19.7 Å². The van der Waals surface area contributed by atoms with Crippen LogP contribution in [-0.4, -0.2) is 4.98 Å². The van der Waals surface area contributed by atoms with Gasteiger partial charge in [-0.25, -0.2) is 4.57 Å². The van der Waals surface area contributed by atoms with Crippen LogP contribution in [0.3, 0.4) is 0 Å². The van der Waals surface area contributed by atoms with Gasteiger partial charge in [0.05, 0.1) is 0 Å². The zero-order valence-corrected chi connectivity index (χ0v) is 21.2. The SMILES string of the molecule is CCCCCCCCCCCCCCC(C(CCCC)Cc1ccccc1)[n+]1cc[nH]c1. The van der Waals surface area contributed by atoms with Gasteiger partial charge in [-0.15, -0.1) is 0 Å². The van der Waals surface area contributed by atoms with E-state index in [0.29, 0.717) is 12.0 Å². The molecule has 0 aliphatic rings. The first-order valence-electron chi connectivity index (χ1n) is 13.9. The molecule has 180 valence electrons. The van der Waals surface area contributed by atoms with Crippen molar-refractivity contribution in [2.45, 2.75) is 129 Å². The Labute approximate surface area is 199 Å². The lowest BCUT2D eigenvalue weighted by Gasteiger charge is -2.25. The number of benzene rings is 1. The number of aromatic nitrogens is 2. The standard InChI is InChI=1S/C30H50N2/c1-3-5-7-8-9-10-11-12-13-14-15-19-23-30(32-25-24-31-27-32)29(22-6-4-2)26-28-20-17-16-18-21-28/h16-18,20-21,24-25,27,29-30H,3-15,19,22-23,26H2,1-2H3/p+1. The first-order valence-corrected chi connectivity index (χ1v) is 13.9. The average Bonchev–Trinajstić information content (AvgIpc) is 3.35. The maximum absolute atomic E-state index is 3.29. The Balaban J connectivity index is 1.73. The molecule has 2 rings (SSSR count). The van der Waals surface area contributed by atoms with Gasteiger partial charge in [-0.3, -0.25) is 4.98 Å². The number of H-pyrrole nitrogens is 1. The van der Waals surface area contributed by atoms with E-state index in [1.54, 1.807) is 0 Å². The predicted octanol–water partition coefficient (Wildman–Crippen LogP) is 8.98. The Bertz CT molecular complexity index is 634. The van der Waals surface area contributed by atoms with Crippen LogP contribution in [0.5, 0.6) is 0 Å². The molecule has 0 bridgehead atoms. The molecule has 1 aromatic carbocycles. The number of hydrogen-bond acceptors (Lipinski definition) is 0. The van der Waals surface area contributed by atoms with E-state index >= 15 is 0 Å². The van der Waals surface area contributed by atoms with Crippen LogP contribution in [0.1, 0.15) is 128 Å². The molecule has 0 saturated heterocycles. The van der Waals surface area contributed by atoms with Gasteiger partial charge in [0.1, 0.15) is 18.4 Å². The van der Waals surface area contributed by atoms with Gasteiger partial charge < -0.3 is 0 Å². The van der Waals surface area contributed by atoms with Crippen molar-refractivity contribution in [3.05, 3.63) is 54.6 Å². The van der Waals surface area contributed by atoms with Crippen molar-refractivity contribution < 1.29 is 4.57 Å². The van der Waals surface area contributed by atoms with Gasteiger partial charge in [0.2, 0.25) is 6.33 Å². The van der Waals surface area contributed by atoms with Crippen LogP contribution < -0.4 is 4.57 Å². The molecule has 1 aromatic heterocycles. The fourth-order valence-electron chi connectivity index (χ4n) is 5.14. The lowest BCUT2D eigenvalue weighted by molar-refractivity contribution is -0.730. The smallest absolute Gasteiger partial charge is 0.241 e. The van der Waals surface area contributed by atoms with E-state index in [2.05, 4.69) is 72.5 Å². The van der Waals surface area contributed by atoms with Crippen LogP contribution in [0, 0.1) is 5.92 Å². The van der Waals surface area contributed by atoms with Crippen molar-refractivity contribution in [2.24, 2.45) is 5.92 Å². The Morgan fingerprint density at radius 1 is 0.688 bits per heavy atom. The first kappa shape index (κ1) is 26.7. The molecule has 0 spiro atoms. The second-order valence-corrected chi connectivity index (χ2v) is 9.90. The summed E-state index contributed by atoms with van der Waals surface area (Å²) >= 11 is 0. The summed E-state index contributed by atoms with van der Waals surface area (Å²) in [5.41, 5.74) is 1.49. The third-order valence-electron chi connectivity index (χ3n) is 7.12. The fourth-order valence-corrected chi connectivity index (χ4v) is 5.14. The molecule has 1 heterocycles. The van der Waals surface area contributed by atoms with Gasteiger partial charge in [-0.1, -0.05) is 128 Å². The summed E-state index contributed by atoms with van der Waals surface area (Å²) in [6, 6.07) is 11.7. The monoisotopic (exact) mass is 439 g/mol. The molecule has 0 saturated carbocycles. The second-order valence-electron chi connectivity index (χ2n) is 9.90. The van der Waals surface area contributed by atoms with Gasteiger partial charge in [0.15, 0.2) is 0 Å². The molecule has 0 fully saturated rings. The molecule has 0 aliphatic heterocycles. The Kier molecular flexibility index (Phi) is 14.9. The van der Waals surface area contributed by atoms with Crippen LogP contribution in [-0.2, 0) is 6.42 Å². The Morgan fingerprint density at radius 3 is 1.84 bits per heavy atom. The average molecular weight is 440 g/mol. The van der Waals surface area contributed by atoms with Crippen molar-refractivity contribution in [1.82, 2.24) is 4.98 Å². The molecule has 32 heavy (non-hydrogen) atoms. The summed E-state index contributed by atoms with van der Waals surface area (Å²) in [7, 11) is 0. The number of nitrogens with zero attached hydrogens (tertiary/aromatic N) is 1. The zero-order valence-electron chi connectivity index (χ0n) is 21.2. The predicted molar refractivity (Wildman–Crippen MR) is 139 cm³/mol. The first-order chi connectivity index (χ1) is 15.8. The van der Waals surface area contributed by atoms with Crippen LogP contribution in [0.15, 0.2) is 49.1 Å². The fraction of sp³-hybridized carbons (Fsp3) is 0.700. The molecular weight excluding hydrogens is 388 g/mol. The Morgan fingerprint density at radius 2 is 1.28 bits per heavy atom. The highest BCUT2D eigenvalue weighted by Gasteiger charge is 2.26. The number of unbranched alkanes of at least 4 members (excludes halogenated alkanes) is 12. The molecule has 2 unspecified atom stereocenters. The minimum absolute atomic E-state index is 0.608. The van der Waals surface area contributed by atoms with E-state index in [9.17, 15) is 0 Å². The summed E-state index contributed by atoms with van der Waals surface area (Å²) in [6.45, 7) is 4.62. The maximum atomic E-state index is 3.29. The zero-order chi connectivity index (χ0) is 22.7. The molecule has 1 N–H and O–H groups in total. The quantitative estimate of drug-likeness (QED) is 0.157. The highest BCUT2D eigenvalue weighted by Crippen LogP contribution is 2.28. The number of nitrogens with one attached hydrogen (secondary N) is 1. The Hall–Kier alpha value is -1.57. The largest absolute Gasteiger partial charge is 0.250 e. The van der Waals surface area contributed by atoms with Gasteiger partial charge in [0.25, 0.3) is 0 Å². The van der Waals surface area contributed by atoms with Crippen molar-refractivity contribution in [2.75, 3.05) is 0 Å². The number of imidazole rings is 1. The summed E-state index contributed by atoms with van der Waals surface area (Å²) in [6.07, 6.45) is 30.0. The van der Waals surface area contributed by atoms with E-state index in [0.717, 1.165) is 0 Å². The molecule has 2 nitrogen and oxygen atoms in total. The molecule has 0 amide bonds. The highest BCUT2D eigenvalue weighted by atomic mass is 15.1. The molecule has 2 heteroatoms. The lowest BCUT2D eigenvalue weighted by Crippen LogP contribution is -2.42. The second kappa shape index (κ2) is 17.9. The molecular formula is C30H51N2+. The van der Waals surface area contributed by atoms with E-state index in [1.165, 1.54) is 115 Å². The van der Waals surface area contributed by atoms with E-state index in [4.69, 9.17) is 0 Å². The number of aromatic amines is 1. The van der Waals surface area contributed by atoms with Crippen LogP contribution in [0.4, 0.5) is 0 Å². The van der Waals surface area contributed by atoms with Gasteiger partial charge in [-0.2, -0.15) is 0 Å². The minimum atomic E-state index is 0.608. The third kappa shape index (κ3) is 11.3. The van der Waals surface area contributed by atoms with Gasteiger partial charge in [-0.05, 0) is 31.2 Å². The molecule has 0 radical (unpaired) electrons. The normalized spacial score (nSPS) is 13.3. The van der Waals surface area contributed by atoms with Gasteiger partial charge in [0, 0.05) is 5.92 Å². The van der Waals surface area contributed by atoms with Crippen LogP contribution in [0.25, 0.3) is 0 Å². The van der Waals surface area contributed by atoms with E-state index in [1.807, 2.05) is 0 Å². The van der Waals surface area contributed by atoms with Crippen LogP contribution >= 0.6 is 0 Å². The third-order valence-corrected chi connectivity index (χ3v) is 7.12. The molecule has 0 aliphatic carbocycles. The number of hydrogen-bond donors (Lipinski definition) is 1. The maximum Gasteiger partial charge on any atom is 0.241 e. The van der Waals surface area contributed by atoms with Crippen molar-refractivity contribution in [1.29, 1.82) is 0 Å². The lowest BCUT2D eigenvalue weighted by atomic mass is 9.85. The van der Waals surface area contributed by atoms with Gasteiger partial charge >= 0.3 is 0 Å². The van der Waals surface area contributed by atoms with Crippen molar-refractivity contribution in [3.8, 4) is 0 Å². The summed E-state index contributed by atoms with van der Waals surface area (Å²) in [4.78, 5) is 3.29. The van der Waals surface area contributed by atoms with Crippen molar-refractivity contribution in [3.63, 3.8) is 0 Å². The molecule has 2 aromatic rings. The van der Waals surface area contributed by atoms with E-state index < -0.39 is 0 Å². The summed E-state index contributed by atoms with van der Waals surface area (Å²) in [5.74, 6) is 0.714. The molecule has 2 atom stereocenters. The van der Waals surface area contributed by atoms with Crippen LogP contribution in [0.2, 0.25) is 0 Å². The number of rotatable bonds is 20. The van der Waals surface area contributed by atoms with E-state index in [-0.39, 0.29) is 0 Å².